The maximum atomic E-state index is 13.2. The Morgan fingerprint density at radius 3 is 2.60 bits per heavy atom. The first-order chi connectivity index (χ1) is 17.1. The number of hydrogen-bond acceptors (Lipinski definition) is 10. The number of hydrogen-bond donors (Lipinski definition) is 3. The molecule has 0 bridgehead atoms. The molecule has 12 heteroatoms. The number of rotatable bonds is 8. The van der Waals surface area contributed by atoms with Crippen LogP contribution in [0.4, 0.5) is 17.5 Å². The van der Waals surface area contributed by atoms with Gasteiger partial charge in [-0.05, 0) is 12.1 Å². The minimum atomic E-state index is -0.506. The molecule has 3 aromatic rings. The van der Waals surface area contributed by atoms with Gasteiger partial charge in [0.15, 0.2) is 0 Å². The topological polar surface area (TPSA) is 162 Å². The molecule has 0 spiro atoms. The predicted octanol–water partition coefficient (Wildman–Crippen LogP) is 1.89. The van der Waals surface area contributed by atoms with Gasteiger partial charge in [0.05, 0.1) is 27.8 Å². The lowest BCUT2D eigenvalue weighted by Crippen LogP contribution is -2.46. The normalized spacial score (nSPS) is 13.1. The fraction of sp³-hybridized carbons (Fsp3) is 0.261. The Morgan fingerprint density at radius 1 is 1.11 bits per heavy atom. The van der Waals surface area contributed by atoms with E-state index in [1.807, 2.05) is 0 Å². The number of aromatic nitrogens is 3. The lowest BCUT2D eigenvalue weighted by Gasteiger charge is -2.28. The number of nitro groups is 1. The van der Waals surface area contributed by atoms with Gasteiger partial charge in [-0.1, -0.05) is 18.2 Å². The molecule has 1 amide bonds. The van der Waals surface area contributed by atoms with Gasteiger partial charge in [-0.25, -0.2) is 15.0 Å². The predicted molar refractivity (Wildman–Crippen MR) is 129 cm³/mol. The Balaban J connectivity index is 1.50. The molecular formula is C23H23N9O3. The number of amides is 1. The molecule has 0 saturated carbocycles. The van der Waals surface area contributed by atoms with E-state index in [1.165, 1.54) is 24.5 Å². The van der Waals surface area contributed by atoms with Gasteiger partial charge in [-0.15, -0.1) is 0 Å². The van der Waals surface area contributed by atoms with Crippen LogP contribution in [0.1, 0.15) is 15.9 Å². The van der Waals surface area contributed by atoms with E-state index in [9.17, 15) is 20.2 Å². The van der Waals surface area contributed by atoms with Crippen molar-refractivity contribution >= 4 is 23.4 Å². The summed E-state index contributed by atoms with van der Waals surface area (Å²) in [5.74, 6) is 0.633. The zero-order valence-electron chi connectivity index (χ0n) is 18.8. The number of carbonyl (C=O) groups excluding carboxylic acids is 1. The highest BCUT2D eigenvalue weighted by atomic mass is 16.6. The van der Waals surface area contributed by atoms with Crippen LogP contribution in [0.2, 0.25) is 0 Å². The van der Waals surface area contributed by atoms with Crippen molar-refractivity contribution in [2.45, 2.75) is 0 Å². The van der Waals surface area contributed by atoms with Crippen molar-refractivity contribution in [2.24, 2.45) is 0 Å². The number of nitrogens with zero attached hydrogens (tertiary/aromatic N) is 6. The number of piperazine rings is 1. The van der Waals surface area contributed by atoms with E-state index < -0.39 is 4.92 Å². The van der Waals surface area contributed by atoms with Crippen LogP contribution in [0, 0.1) is 21.4 Å². The molecule has 2 aromatic heterocycles. The highest BCUT2D eigenvalue weighted by molar-refractivity contribution is 6.00. The number of benzene rings is 1. The molecule has 0 unspecified atom stereocenters. The molecular weight excluding hydrogens is 450 g/mol. The summed E-state index contributed by atoms with van der Waals surface area (Å²) in [5.41, 5.74) is 1.63. The Hall–Kier alpha value is -4.63. The number of pyridine rings is 1. The van der Waals surface area contributed by atoms with E-state index in [1.54, 1.807) is 29.2 Å². The number of anilines is 2. The van der Waals surface area contributed by atoms with E-state index in [4.69, 9.17) is 0 Å². The molecule has 1 fully saturated rings. The third kappa shape index (κ3) is 5.66. The maximum absolute atomic E-state index is 13.2. The van der Waals surface area contributed by atoms with Gasteiger partial charge >= 0.3 is 0 Å². The van der Waals surface area contributed by atoms with Gasteiger partial charge in [-0.3, -0.25) is 14.9 Å². The third-order valence-electron chi connectivity index (χ3n) is 5.40. The van der Waals surface area contributed by atoms with Crippen molar-refractivity contribution in [2.75, 3.05) is 49.9 Å². The van der Waals surface area contributed by atoms with E-state index >= 15 is 0 Å². The highest BCUT2D eigenvalue weighted by Crippen LogP contribution is 2.27. The molecule has 178 valence electrons. The van der Waals surface area contributed by atoms with Crippen LogP contribution in [-0.2, 0) is 0 Å². The molecule has 0 radical (unpaired) electrons. The molecule has 1 aliphatic rings. The average molecular weight is 473 g/mol. The maximum Gasteiger partial charge on any atom is 0.287 e. The number of nitriles is 1. The molecule has 3 heterocycles. The standard InChI is InChI=1S/C23H23N9O3/c24-13-16-3-1-2-4-18(16)21-19(22(33)31-11-9-25-10-12-31)15-29-23(30-21)27-8-7-26-20-6-5-17(14-28-20)32(34)35/h1-6,14-15,25H,7-12H2,(H,26,28)(H,27,29,30). The van der Waals surface area contributed by atoms with Gasteiger partial charge in [0.25, 0.3) is 11.6 Å². The monoisotopic (exact) mass is 473 g/mol. The second-order valence-corrected chi connectivity index (χ2v) is 7.67. The Labute approximate surface area is 201 Å². The van der Waals surface area contributed by atoms with Crippen molar-refractivity contribution in [3.05, 3.63) is 70.0 Å². The van der Waals surface area contributed by atoms with Crippen molar-refractivity contribution < 1.29 is 9.72 Å². The van der Waals surface area contributed by atoms with E-state index in [-0.39, 0.29) is 11.6 Å². The first-order valence-electron chi connectivity index (χ1n) is 11.0. The van der Waals surface area contributed by atoms with E-state index in [0.29, 0.717) is 73.4 Å². The minimum Gasteiger partial charge on any atom is -0.368 e. The molecule has 1 aromatic carbocycles. The highest BCUT2D eigenvalue weighted by Gasteiger charge is 2.24. The van der Waals surface area contributed by atoms with Crippen molar-refractivity contribution in [1.82, 2.24) is 25.2 Å². The molecule has 1 aliphatic heterocycles. The first-order valence-corrected chi connectivity index (χ1v) is 11.0. The van der Waals surface area contributed by atoms with E-state index in [0.717, 1.165) is 0 Å². The largest absolute Gasteiger partial charge is 0.368 e. The van der Waals surface area contributed by atoms with Gasteiger partial charge in [-0.2, -0.15) is 5.26 Å². The van der Waals surface area contributed by atoms with Crippen molar-refractivity contribution in [3.8, 4) is 17.3 Å². The second kappa shape index (κ2) is 11.0. The summed E-state index contributed by atoms with van der Waals surface area (Å²) in [6, 6.07) is 12.1. The third-order valence-corrected chi connectivity index (χ3v) is 5.40. The Bertz CT molecular complexity index is 1250. The van der Waals surface area contributed by atoms with Crippen LogP contribution in [0.15, 0.2) is 48.8 Å². The van der Waals surface area contributed by atoms with Gasteiger partial charge in [0.2, 0.25) is 5.95 Å². The number of carbonyl (C=O) groups is 1. The molecule has 35 heavy (non-hydrogen) atoms. The summed E-state index contributed by atoms with van der Waals surface area (Å²) < 4.78 is 0. The molecule has 0 atom stereocenters. The van der Waals surface area contributed by atoms with Crippen LogP contribution in [0.5, 0.6) is 0 Å². The minimum absolute atomic E-state index is 0.0808. The van der Waals surface area contributed by atoms with Gasteiger partial charge in [0.1, 0.15) is 12.0 Å². The van der Waals surface area contributed by atoms with E-state index in [2.05, 4.69) is 37.0 Å². The zero-order valence-corrected chi connectivity index (χ0v) is 18.8. The summed E-state index contributed by atoms with van der Waals surface area (Å²) in [6.07, 6.45) is 2.68. The molecule has 0 aliphatic carbocycles. The average Bonchev–Trinajstić information content (AvgIpc) is 2.91. The zero-order chi connectivity index (χ0) is 24.6. The van der Waals surface area contributed by atoms with Gasteiger partial charge < -0.3 is 20.9 Å². The van der Waals surface area contributed by atoms with Gasteiger partial charge in [0, 0.05) is 57.1 Å². The summed E-state index contributed by atoms with van der Waals surface area (Å²) >= 11 is 0. The smallest absolute Gasteiger partial charge is 0.287 e. The van der Waals surface area contributed by atoms with Crippen LogP contribution in [0.25, 0.3) is 11.3 Å². The lowest BCUT2D eigenvalue weighted by molar-refractivity contribution is -0.385. The molecule has 3 N–H and O–H groups in total. The fourth-order valence-corrected chi connectivity index (χ4v) is 3.62. The molecule has 4 rings (SSSR count). The quantitative estimate of drug-likeness (QED) is 0.250. The summed E-state index contributed by atoms with van der Waals surface area (Å²) in [7, 11) is 0. The van der Waals surface area contributed by atoms with Crippen LogP contribution in [0.3, 0.4) is 0 Å². The molecule has 12 nitrogen and oxygen atoms in total. The summed E-state index contributed by atoms with van der Waals surface area (Å²) in [6.45, 7) is 3.46. The van der Waals surface area contributed by atoms with Crippen molar-refractivity contribution in [1.29, 1.82) is 5.26 Å². The Morgan fingerprint density at radius 2 is 1.89 bits per heavy atom. The Kier molecular flexibility index (Phi) is 7.39. The summed E-state index contributed by atoms with van der Waals surface area (Å²) in [5, 5.41) is 29.7. The van der Waals surface area contributed by atoms with Crippen LogP contribution < -0.4 is 16.0 Å². The van der Waals surface area contributed by atoms with Crippen molar-refractivity contribution in [3.63, 3.8) is 0 Å². The lowest BCUT2D eigenvalue weighted by atomic mass is 10.0. The first kappa shape index (κ1) is 23.5. The SMILES string of the molecule is N#Cc1ccccc1-c1nc(NCCNc2ccc([N+](=O)[O-])cn2)ncc1C(=O)N1CCNCC1. The fourth-order valence-electron chi connectivity index (χ4n) is 3.62. The molecule has 1 saturated heterocycles. The van der Waals surface area contributed by atoms with Crippen LogP contribution in [-0.4, -0.2) is 70.0 Å². The summed E-state index contributed by atoms with van der Waals surface area (Å²) in [4.78, 5) is 38.1. The second-order valence-electron chi connectivity index (χ2n) is 7.67. The number of nitrogens with one attached hydrogen (secondary N) is 3. The van der Waals surface area contributed by atoms with Crippen LogP contribution >= 0.6 is 0 Å².